The lowest BCUT2D eigenvalue weighted by Gasteiger charge is -2.26. The van der Waals surface area contributed by atoms with E-state index in [0.717, 1.165) is 11.3 Å². The summed E-state index contributed by atoms with van der Waals surface area (Å²) in [7, 11) is 0.147. The van der Waals surface area contributed by atoms with E-state index in [1.165, 1.54) is 6.07 Å². The number of nitrogens with zero attached hydrogens (tertiary/aromatic N) is 1. The van der Waals surface area contributed by atoms with Gasteiger partial charge in [-0.3, -0.25) is 0 Å². The Bertz CT molecular complexity index is 438. The summed E-state index contributed by atoms with van der Waals surface area (Å²) >= 11 is 1.15. The lowest BCUT2D eigenvalue weighted by Crippen LogP contribution is -2.46. The van der Waals surface area contributed by atoms with Crippen LogP contribution in [0.4, 0.5) is 0 Å². The molecule has 1 aromatic heterocycles. The van der Waals surface area contributed by atoms with E-state index in [9.17, 15) is 13.5 Å². The van der Waals surface area contributed by atoms with Crippen LogP contribution in [0.25, 0.3) is 0 Å². The summed E-state index contributed by atoms with van der Waals surface area (Å²) in [6.45, 7) is 1.98. The monoisotopic (exact) mass is 278 g/mol. The van der Waals surface area contributed by atoms with Gasteiger partial charge in [-0.1, -0.05) is 6.07 Å². The number of hydrogen-bond acceptors (Lipinski definition) is 5. The number of aliphatic hydroxyl groups is 1. The molecule has 0 aliphatic carbocycles. The molecule has 5 nitrogen and oxygen atoms in total. The van der Waals surface area contributed by atoms with Crippen molar-refractivity contribution in [3.05, 3.63) is 17.5 Å². The molecule has 98 valence electrons. The van der Waals surface area contributed by atoms with Crippen molar-refractivity contribution in [2.45, 2.75) is 16.7 Å². The zero-order valence-corrected chi connectivity index (χ0v) is 11.8. The number of thiophene rings is 1. The van der Waals surface area contributed by atoms with Gasteiger partial charge in [-0.25, -0.2) is 13.1 Å². The van der Waals surface area contributed by atoms with Gasteiger partial charge < -0.3 is 10.0 Å². The molecule has 1 heterocycles. The molecular formula is C10H18N2O3S2. The third kappa shape index (κ3) is 4.72. The standard InChI is InChI=1S/C10H18N2O3S2/c1-10(13,8-12(2)3)7-11-17(14,15)9-5-4-6-16-9/h4-6,11,13H,7-8H2,1-3H3. The molecule has 0 aliphatic heterocycles. The number of rotatable bonds is 6. The summed E-state index contributed by atoms with van der Waals surface area (Å²) in [4.78, 5) is 1.81. The summed E-state index contributed by atoms with van der Waals surface area (Å²) in [5.74, 6) is 0. The van der Waals surface area contributed by atoms with Gasteiger partial charge in [0.2, 0.25) is 10.0 Å². The van der Waals surface area contributed by atoms with Crippen molar-refractivity contribution in [2.75, 3.05) is 27.2 Å². The van der Waals surface area contributed by atoms with Crippen molar-refractivity contribution in [2.24, 2.45) is 0 Å². The van der Waals surface area contributed by atoms with Gasteiger partial charge in [-0.2, -0.15) is 0 Å². The van der Waals surface area contributed by atoms with E-state index < -0.39 is 15.6 Å². The Morgan fingerprint density at radius 2 is 2.18 bits per heavy atom. The summed E-state index contributed by atoms with van der Waals surface area (Å²) < 4.78 is 26.3. The first kappa shape index (κ1) is 14.6. The Balaban J connectivity index is 2.62. The fourth-order valence-corrected chi connectivity index (χ4v) is 3.67. The Hall–Kier alpha value is -0.470. The van der Waals surface area contributed by atoms with Crippen LogP contribution in [0.1, 0.15) is 6.92 Å². The molecule has 7 heteroatoms. The quantitative estimate of drug-likeness (QED) is 0.787. The highest BCUT2D eigenvalue weighted by molar-refractivity contribution is 7.91. The molecule has 1 aromatic rings. The van der Waals surface area contributed by atoms with Crippen molar-refractivity contribution in [1.82, 2.24) is 9.62 Å². The van der Waals surface area contributed by atoms with Crippen LogP contribution in [0.5, 0.6) is 0 Å². The molecule has 0 bridgehead atoms. The van der Waals surface area contributed by atoms with Gasteiger partial charge in [0.15, 0.2) is 0 Å². The predicted molar refractivity (Wildman–Crippen MR) is 68.7 cm³/mol. The fraction of sp³-hybridized carbons (Fsp3) is 0.600. The van der Waals surface area contributed by atoms with Crippen LogP contribution in [-0.4, -0.2) is 51.2 Å². The van der Waals surface area contributed by atoms with Gasteiger partial charge in [0.05, 0.1) is 5.60 Å². The van der Waals surface area contributed by atoms with E-state index in [2.05, 4.69) is 4.72 Å². The van der Waals surface area contributed by atoms with Crippen molar-refractivity contribution in [3.8, 4) is 0 Å². The van der Waals surface area contributed by atoms with Gasteiger partial charge in [0, 0.05) is 13.1 Å². The minimum Gasteiger partial charge on any atom is -0.387 e. The molecule has 0 fully saturated rings. The Morgan fingerprint density at radius 1 is 1.53 bits per heavy atom. The second-order valence-electron chi connectivity index (χ2n) is 4.49. The van der Waals surface area contributed by atoms with Gasteiger partial charge in [-0.05, 0) is 32.5 Å². The average Bonchev–Trinajstić information content (AvgIpc) is 2.66. The van der Waals surface area contributed by atoms with Crippen LogP contribution in [0.15, 0.2) is 21.7 Å². The molecule has 0 radical (unpaired) electrons. The maximum Gasteiger partial charge on any atom is 0.250 e. The van der Waals surface area contributed by atoms with E-state index in [1.807, 2.05) is 14.1 Å². The first-order chi connectivity index (χ1) is 7.73. The largest absolute Gasteiger partial charge is 0.387 e. The average molecular weight is 278 g/mol. The zero-order chi connectivity index (χ0) is 13.1. The first-order valence-corrected chi connectivity index (χ1v) is 7.49. The van der Waals surface area contributed by atoms with Crippen LogP contribution in [0.2, 0.25) is 0 Å². The maximum absolute atomic E-state index is 11.8. The Kier molecular flexibility index (Phi) is 4.68. The minimum atomic E-state index is -3.50. The Morgan fingerprint density at radius 3 is 2.65 bits per heavy atom. The van der Waals surface area contributed by atoms with Crippen molar-refractivity contribution >= 4 is 21.4 Å². The highest BCUT2D eigenvalue weighted by atomic mass is 32.2. The lowest BCUT2D eigenvalue weighted by molar-refractivity contribution is 0.0386. The molecule has 0 aliphatic rings. The van der Waals surface area contributed by atoms with Crippen LogP contribution < -0.4 is 4.72 Å². The molecule has 1 atom stereocenters. The predicted octanol–water partition coefficient (Wildman–Crippen LogP) is 0.339. The Labute approximate surface area is 106 Å². The topological polar surface area (TPSA) is 69.6 Å². The van der Waals surface area contributed by atoms with Crippen molar-refractivity contribution in [3.63, 3.8) is 0 Å². The first-order valence-electron chi connectivity index (χ1n) is 5.13. The van der Waals surface area contributed by atoms with E-state index in [1.54, 1.807) is 23.3 Å². The van der Waals surface area contributed by atoms with Crippen LogP contribution in [0, 0.1) is 0 Å². The molecule has 0 amide bonds. The second kappa shape index (κ2) is 5.45. The third-order valence-electron chi connectivity index (χ3n) is 2.06. The molecule has 0 saturated carbocycles. The second-order valence-corrected chi connectivity index (χ2v) is 7.43. The van der Waals surface area contributed by atoms with Gasteiger partial charge in [0.1, 0.15) is 4.21 Å². The van der Waals surface area contributed by atoms with E-state index in [0.29, 0.717) is 6.54 Å². The minimum absolute atomic E-state index is 0.00852. The zero-order valence-electron chi connectivity index (χ0n) is 10.2. The van der Waals surface area contributed by atoms with Crippen LogP contribution in [-0.2, 0) is 10.0 Å². The summed E-state index contributed by atoms with van der Waals surface area (Å²) in [5, 5.41) is 11.7. The van der Waals surface area contributed by atoms with E-state index >= 15 is 0 Å². The number of hydrogen-bond donors (Lipinski definition) is 2. The summed E-state index contributed by atoms with van der Waals surface area (Å²) in [6, 6.07) is 3.21. The highest BCUT2D eigenvalue weighted by Gasteiger charge is 2.25. The molecule has 0 spiro atoms. The van der Waals surface area contributed by atoms with Crippen LogP contribution in [0.3, 0.4) is 0 Å². The molecule has 1 unspecified atom stereocenters. The van der Waals surface area contributed by atoms with Gasteiger partial charge in [-0.15, -0.1) is 11.3 Å². The van der Waals surface area contributed by atoms with Crippen molar-refractivity contribution in [1.29, 1.82) is 0 Å². The third-order valence-corrected chi connectivity index (χ3v) is 4.86. The molecular weight excluding hydrogens is 260 g/mol. The lowest BCUT2D eigenvalue weighted by atomic mass is 10.1. The molecule has 2 N–H and O–H groups in total. The smallest absolute Gasteiger partial charge is 0.250 e. The maximum atomic E-state index is 11.8. The van der Waals surface area contributed by atoms with Gasteiger partial charge in [0.25, 0.3) is 0 Å². The normalized spacial score (nSPS) is 16.1. The number of nitrogens with one attached hydrogen (secondary N) is 1. The highest BCUT2D eigenvalue weighted by Crippen LogP contribution is 2.16. The SMILES string of the molecule is CN(C)CC(C)(O)CNS(=O)(=O)c1cccs1. The fourth-order valence-electron chi connectivity index (χ4n) is 1.48. The molecule has 17 heavy (non-hydrogen) atoms. The van der Waals surface area contributed by atoms with Crippen LogP contribution >= 0.6 is 11.3 Å². The molecule has 0 saturated heterocycles. The number of likely N-dealkylation sites (N-methyl/N-ethyl adjacent to an activating group) is 1. The molecule has 0 aromatic carbocycles. The van der Waals surface area contributed by atoms with E-state index in [-0.39, 0.29) is 10.8 Å². The van der Waals surface area contributed by atoms with Crippen molar-refractivity contribution < 1.29 is 13.5 Å². The van der Waals surface area contributed by atoms with E-state index in [4.69, 9.17) is 0 Å². The van der Waals surface area contributed by atoms with Gasteiger partial charge >= 0.3 is 0 Å². The molecule has 1 rings (SSSR count). The number of sulfonamides is 1. The summed E-state index contributed by atoms with van der Waals surface area (Å²) in [5.41, 5.74) is -1.09. The summed E-state index contributed by atoms with van der Waals surface area (Å²) in [6.07, 6.45) is 0.